The summed E-state index contributed by atoms with van der Waals surface area (Å²) in [7, 11) is 2.91. The number of ether oxygens (including phenoxy) is 3. The second-order valence-corrected chi connectivity index (χ2v) is 8.54. The predicted molar refractivity (Wildman–Crippen MR) is 128 cm³/mol. The number of fused-ring (bicyclic) bond motifs is 3. The number of carboxylic acid groups (broad SMARTS) is 1. The van der Waals surface area contributed by atoms with E-state index in [9.17, 15) is 9.90 Å². The molecule has 0 saturated heterocycles. The van der Waals surface area contributed by atoms with Crippen molar-refractivity contribution in [3.05, 3.63) is 88.0 Å². The molecule has 3 aromatic rings. The van der Waals surface area contributed by atoms with Crippen molar-refractivity contribution in [3.63, 3.8) is 0 Å². The number of methoxy groups -OCH3 is 2. The van der Waals surface area contributed by atoms with Crippen molar-refractivity contribution in [1.82, 2.24) is 5.01 Å². The van der Waals surface area contributed by atoms with Gasteiger partial charge in [0, 0.05) is 23.1 Å². The molecule has 0 amide bonds. The average molecular weight is 459 g/mol. The van der Waals surface area contributed by atoms with Gasteiger partial charge in [0.25, 0.3) is 0 Å². The predicted octanol–water partition coefficient (Wildman–Crippen LogP) is 5.26. The molecular formula is C27H26N2O5. The minimum absolute atomic E-state index is 0.000340. The second-order valence-electron chi connectivity index (χ2n) is 8.54. The van der Waals surface area contributed by atoms with Gasteiger partial charge in [0.15, 0.2) is 11.5 Å². The van der Waals surface area contributed by atoms with Gasteiger partial charge in [0.2, 0.25) is 6.23 Å². The first-order chi connectivity index (χ1) is 16.4. The molecule has 0 fully saturated rings. The molecule has 0 spiro atoms. The van der Waals surface area contributed by atoms with Gasteiger partial charge in [-0.3, -0.25) is 0 Å². The first-order valence-corrected chi connectivity index (χ1v) is 11.1. The Balaban J connectivity index is 1.69. The third kappa shape index (κ3) is 3.44. The van der Waals surface area contributed by atoms with Crippen molar-refractivity contribution in [2.45, 2.75) is 32.5 Å². The minimum atomic E-state index is -1.12. The standard InChI is InChI=1S/C27H26N2O5/c1-15-9-10-16(2)19(13-15)20-14-21-17-7-5-6-8-22(17)34-26(29(21)28-20)18-11-12-23(32-3)25(33-4)24(18)27(30)31/h5-13,21,26H,14H2,1-4H3,(H,30,31)/t21-,26+/m0/s1. The molecule has 2 heterocycles. The Hall–Kier alpha value is -4.00. The molecule has 5 rings (SSSR count). The molecule has 34 heavy (non-hydrogen) atoms. The lowest BCUT2D eigenvalue weighted by Crippen LogP contribution is -2.34. The number of hydrogen-bond donors (Lipinski definition) is 1. The van der Waals surface area contributed by atoms with Crippen molar-refractivity contribution < 1.29 is 24.1 Å². The number of aryl methyl sites for hydroxylation is 2. The van der Waals surface area contributed by atoms with E-state index in [1.165, 1.54) is 14.2 Å². The van der Waals surface area contributed by atoms with Crippen LogP contribution < -0.4 is 14.2 Å². The van der Waals surface area contributed by atoms with E-state index in [1.807, 2.05) is 29.3 Å². The average Bonchev–Trinajstić information content (AvgIpc) is 3.29. The second kappa shape index (κ2) is 8.41. The summed E-state index contributed by atoms with van der Waals surface area (Å²) in [5.41, 5.74) is 5.84. The molecule has 0 unspecified atom stereocenters. The highest BCUT2D eigenvalue weighted by molar-refractivity contribution is 6.03. The molecule has 3 aromatic carbocycles. The lowest BCUT2D eigenvalue weighted by molar-refractivity contribution is -0.0199. The maximum Gasteiger partial charge on any atom is 0.340 e. The van der Waals surface area contributed by atoms with Crippen LogP contribution in [0.5, 0.6) is 17.2 Å². The molecule has 2 aliphatic heterocycles. The van der Waals surface area contributed by atoms with Crippen LogP contribution in [0.1, 0.15) is 56.9 Å². The Morgan fingerprint density at radius 1 is 1.06 bits per heavy atom. The number of para-hydroxylation sites is 1. The van der Waals surface area contributed by atoms with E-state index < -0.39 is 12.2 Å². The fourth-order valence-electron chi connectivity index (χ4n) is 4.82. The van der Waals surface area contributed by atoms with E-state index in [0.717, 1.165) is 33.7 Å². The molecule has 1 N–H and O–H groups in total. The van der Waals surface area contributed by atoms with Gasteiger partial charge in [-0.1, -0.05) is 35.9 Å². The Morgan fingerprint density at radius 3 is 2.59 bits per heavy atom. The molecule has 0 bridgehead atoms. The monoisotopic (exact) mass is 458 g/mol. The number of benzene rings is 3. The number of hydrazone groups is 1. The highest BCUT2D eigenvalue weighted by Crippen LogP contribution is 2.49. The van der Waals surface area contributed by atoms with Gasteiger partial charge < -0.3 is 19.3 Å². The molecule has 0 saturated carbocycles. The smallest absolute Gasteiger partial charge is 0.340 e. The molecule has 0 aromatic heterocycles. The van der Waals surface area contributed by atoms with E-state index in [0.29, 0.717) is 17.7 Å². The summed E-state index contributed by atoms with van der Waals surface area (Å²) in [5.74, 6) is 0.0989. The van der Waals surface area contributed by atoms with Gasteiger partial charge in [0.1, 0.15) is 11.3 Å². The van der Waals surface area contributed by atoms with Crippen molar-refractivity contribution >= 4 is 11.7 Å². The lowest BCUT2D eigenvalue weighted by Gasteiger charge is -2.38. The van der Waals surface area contributed by atoms with Crippen LogP contribution >= 0.6 is 0 Å². The normalized spacial score (nSPS) is 18.5. The number of carbonyl (C=O) groups is 1. The van der Waals surface area contributed by atoms with Gasteiger partial charge in [-0.2, -0.15) is 5.10 Å². The first-order valence-electron chi connectivity index (χ1n) is 11.1. The van der Waals surface area contributed by atoms with Gasteiger partial charge in [-0.05, 0) is 43.7 Å². The molecule has 7 nitrogen and oxygen atoms in total. The molecule has 174 valence electrons. The summed E-state index contributed by atoms with van der Waals surface area (Å²) >= 11 is 0. The molecule has 7 heteroatoms. The van der Waals surface area contributed by atoms with Crippen LogP contribution in [0.25, 0.3) is 0 Å². The summed E-state index contributed by atoms with van der Waals surface area (Å²) in [4.78, 5) is 12.4. The fourth-order valence-corrected chi connectivity index (χ4v) is 4.82. The Morgan fingerprint density at radius 2 is 1.85 bits per heavy atom. The summed E-state index contributed by atoms with van der Waals surface area (Å²) in [6, 6.07) is 17.5. The zero-order chi connectivity index (χ0) is 24.0. The number of nitrogens with zero attached hydrogens (tertiary/aromatic N) is 2. The first kappa shape index (κ1) is 21.8. The number of aromatic carboxylic acids is 1. The van der Waals surface area contributed by atoms with Crippen LogP contribution in [0, 0.1) is 13.8 Å². The molecular weight excluding hydrogens is 432 g/mol. The number of rotatable bonds is 5. The highest BCUT2D eigenvalue weighted by Gasteiger charge is 2.43. The Labute approximate surface area is 198 Å². The SMILES string of the molecule is COc1ccc([C@H]2Oc3ccccc3[C@@H]3CC(c4cc(C)ccc4C)=NN23)c(C(=O)O)c1OC. The third-order valence-electron chi connectivity index (χ3n) is 6.46. The van der Waals surface area contributed by atoms with Gasteiger partial charge in [-0.15, -0.1) is 0 Å². The van der Waals surface area contributed by atoms with E-state index in [4.69, 9.17) is 19.3 Å². The maximum atomic E-state index is 12.4. The highest BCUT2D eigenvalue weighted by atomic mass is 16.5. The molecule has 2 atom stereocenters. The Kier molecular flexibility index (Phi) is 5.40. The largest absolute Gasteiger partial charge is 0.493 e. The number of carboxylic acids is 1. The molecule has 2 aliphatic rings. The minimum Gasteiger partial charge on any atom is -0.493 e. The zero-order valence-electron chi connectivity index (χ0n) is 19.5. The van der Waals surface area contributed by atoms with Crippen molar-refractivity contribution in [2.75, 3.05) is 14.2 Å². The summed E-state index contributed by atoms with van der Waals surface area (Å²) in [6.45, 7) is 4.14. The lowest BCUT2D eigenvalue weighted by atomic mass is 9.93. The van der Waals surface area contributed by atoms with Crippen LogP contribution in [0.15, 0.2) is 59.7 Å². The topological polar surface area (TPSA) is 80.6 Å². The van der Waals surface area contributed by atoms with Crippen molar-refractivity contribution in [3.8, 4) is 17.2 Å². The van der Waals surface area contributed by atoms with Crippen molar-refractivity contribution in [2.24, 2.45) is 5.10 Å². The van der Waals surface area contributed by atoms with Crippen LogP contribution in [-0.4, -0.2) is 36.0 Å². The van der Waals surface area contributed by atoms with E-state index >= 15 is 0 Å². The quantitative estimate of drug-likeness (QED) is 0.562. The van der Waals surface area contributed by atoms with E-state index in [1.54, 1.807) is 12.1 Å². The summed E-state index contributed by atoms with van der Waals surface area (Å²) in [6.07, 6.45) is -0.0509. The zero-order valence-corrected chi connectivity index (χ0v) is 19.5. The maximum absolute atomic E-state index is 12.4. The van der Waals surface area contributed by atoms with Crippen LogP contribution in [0.4, 0.5) is 0 Å². The van der Waals surface area contributed by atoms with Crippen LogP contribution in [0.2, 0.25) is 0 Å². The van der Waals surface area contributed by atoms with E-state index in [-0.39, 0.29) is 17.4 Å². The third-order valence-corrected chi connectivity index (χ3v) is 6.46. The fraction of sp³-hybridized carbons (Fsp3) is 0.259. The molecule has 0 aliphatic carbocycles. The van der Waals surface area contributed by atoms with Gasteiger partial charge >= 0.3 is 5.97 Å². The van der Waals surface area contributed by atoms with Crippen LogP contribution in [0.3, 0.4) is 0 Å². The molecule has 0 radical (unpaired) electrons. The van der Waals surface area contributed by atoms with Crippen molar-refractivity contribution in [1.29, 1.82) is 0 Å². The van der Waals surface area contributed by atoms with Gasteiger partial charge in [0.05, 0.1) is 26.0 Å². The summed E-state index contributed by atoms with van der Waals surface area (Å²) in [5, 5.41) is 17.0. The summed E-state index contributed by atoms with van der Waals surface area (Å²) < 4.78 is 17.2. The Bertz CT molecular complexity index is 1320. The van der Waals surface area contributed by atoms with Gasteiger partial charge in [-0.25, -0.2) is 9.80 Å². The van der Waals surface area contributed by atoms with Crippen LogP contribution in [-0.2, 0) is 0 Å². The van der Waals surface area contributed by atoms with E-state index in [2.05, 4.69) is 32.0 Å². The number of hydrogen-bond acceptors (Lipinski definition) is 6.